The van der Waals surface area contributed by atoms with Crippen molar-refractivity contribution in [1.29, 1.82) is 0 Å². The highest BCUT2D eigenvalue weighted by Gasteiger charge is 2.24. The molecule has 0 radical (unpaired) electrons. The normalized spacial score (nSPS) is 13.0. The van der Waals surface area contributed by atoms with Gasteiger partial charge in [0.25, 0.3) is 0 Å². The first kappa shape index (κ1) is 68.6. The summed E-state index contributed by atoms with van der Waals surface area (Å²) in [4.78, 5) is 26.4. The lowest BCUT2D eigenvalue weighted by Gasteiger charge is -2.24. The fourth-order valence-corrected chi connectivity index (χ4v) is 10.3. The van der Waals surface area contributed by atoms with Gasteiger partial charge in [0.05, 0.1) is 25.2 Å². The van der Waals surface area contributed by atoms with Gasteiger partial charge in [0.2, 0.25) is 5.91 Å². The summed E-state index contributed by atoms with van der Waals surface area (Å²) in [7, 11) is 0. The molecule has 0 aromatic rings. The van der Waals surface area contributed by atoms with Gasteiger partial charge in [-0.15, -0.1) is 0 Å². The van der Waals surface area contributed by atoms with Gasteiger partial charge in [0.1, 0.15) is 6.10 Å². The van der Waals surface area contributed by atoms with Crippen molar-refractivity contribution in [3.05, 3.63) is 12.2 Å². The number of nitrogens with one attached hydrogen (secondary N) is 1. The van der Waals surface area contributed by atoms with Crippen molar-refractivity contribution in [1.82, 2.24) is 5.32 Å². The Balaban J connectivity index is 4.49. The molecule has 3 atom stereocenters. The lowest BCUT2D eigenvalue weighted by atomic mass is 10.0. The Morgan fingerprint density at radius 3 is 1.03 bits per heavy atom. The van der Waals surface area contributed by atoms with Gasteiger partial charge in [0, 0.05) is 6.42 Å². The van der Waals surface area contributed by atoms with Crippen LogP contribution in [0.25, 0.3) is 0 Å². The van der Waals surface area contributed by atoms with Crippen LogP contribution in [0.1, 0.15) is 361 Å². The first-order valence-corrected chi connectivity index (χ1v) is 31.9. The maximum atomic E-state index is 13.3. The summed E-state index contributed by atoms with van der Waals surface area (Å²) in [5.74, 6) is -0.461. The fourth-order valence-electron chi connectivity index (χ4n) is 10.3. The Bertz CT molecular complexity index is 1060. The number of ether oxygens (including phenoxy) is 1. The smallest absolute Gasteiger partial charge is 0.306 e. The molecular weight excluding hydrogens is 863 g/mol. The number of rotatable bonds is 59. The zero-order valence-corrected chi connectivity index (χ0v) is 47.7. The highest BCUT2D eigenvalue weighted by Crippen LogP contribution is 2.19. The molecule has 6 heteroatoms. The Kier molecular flexibility index (Phi) is 57.3. The maximum absolute atomic E-state index is 13.3. The second-order valence-corrected chi connectivity index (χ2v) is 22.2. The Labute approximate surface area is 438 Å². The van der Waals surface area contributed by atoms with Crippen LogP contribution >= 0.6 is 0 Å². The number of amides is 1. The van der Waals surface area contributed by atoms with Gasteiger partial charge in [-0.1, -0.05) is 309 Å². The van der Waals surface area contributed by atoms with E-state index in [1.54, 1.807) is 0 Å². The van der Waals surface area contributed by atoms with E-state index in [1.165, 1.54) is 257 Å². The van der Waals surface area contributed by atoms with Crippen LogP contribution in [0.15, 0.2) is 12.2 Å². The first-order chi connectivity index (χ1) is 34.5. The molecule has 0 fully saturated rings. The van der Waals surface area contributed by atoms with Crippen molar-refractivity contribution in [2.45, 2.75) is 379 Å². The molecule has 0 aromatic carbocycles. The van der Waals surface area contributed by atoms with Gasteiger partial charge in [-0.05, 0) is 51.4 Å². The number of carbonyl (C=O) groups is 2. The van der Waals surface area contributed by atoms with E-state index in [1.807, 2.05) is 0 Å². The summed E-state index contributed by atoms with van der Waals surface area (Å²) < 4.78 is 5.98. The first-order valence-electron chi connectivity index (χ1n) is 31.9. The van der Waals surface area contributed by atoms with E-state index in [-0.39, 0.29) is 24.9 Å². The SMILES string of the molecule is CCCCCCCCCCC/C=C/CCCCCC(CC(=O)NC(CO)C(O)CCCCCCCCCCCCCCCCCC)OC(=O)CCCCCCCCCCCCCCCCCCCCC. The van der Waals surface area contributed by atoms with Crippen LogP contribution in [-0.2, 0) is 14.3 Å². The molecule has 0 aliphatic heterocycles. The number of aliphatic hydroxyl groups is 2. The lowest BCUT2D eigenvalue weighted by Crippen LogP contribution is -2.46. The molecule has 0 saturated carbocycles. The highest BCUT2D eigenvalue weighted by atomic mass is 16.5. The fraction of sp³-hybridized carbons (Fsp3) is 0.938. The minimum atomic E-state index is -0.788. The molecule has 0 heterocycles. The third-order valence-corrected chi connectivity index (χ3v) is 15.1. The molecule has 1 amide bonds. The maximum Gasteiger partial charge on any atom is 0.306 e. The van der Waals surface area contributed by atoms with Crippen LogP contribution in [0.5, 0.6) is 0 Å². The summed E-state index contributed by atoms with van der Waals surface area (Å²) in [5.41, 5.74) is 0. The molecular formula is C64H125NO5. The van der Waals surface area contributed by atoms with E-state index in [0.717, 1.165) is 57.8 Å². The molecule has 416 valence electrons. The van der Waals surface area contributed by atoms with E-state index in [4.69, 9.17) is 4.74 Å². The minimum Gasteiger partial charge on any atom is -0.462 e. The Morgan fingerprint density at radius 2 is 0.686 bits per heavy atom. The molecule has 0 spiro atoms. The summed E-state index contributed by atoms with van der Waals surface area (Å²) in [6, 6.07) is -0.702. The van der Waals surface area contributed by atoms with Gasteiger partial charge < -0.3 is 20.3 Å². The molecule has 0 aliphatic rings. The van der Waals surface area contributed by atoms with E-state index >= 15 is 0 Å². The average Bonchev–Trinajstić information content (AvgIpc) is 3.35. The number of esters is 1. The van der Waals surface area contributed by atoms with Gasteiger partial charge in [0.15, 0.2) is 0 Å². The number of carbonyl (C=O) groups excluding carboxylic acids is 2. The quantitative estimate of drug-likeness (QED) is 0.0321. The third-order valence-electron chi connectivity index (χ3n) is 15.1. The molecule has 0 rings (SSSR count). The predicted octanol–water partition coefficient (Wildman–Crippen LogP) is 20.0. The van der Waals surface area contributed by atoms with Crippen molar-refractivity contribution in [3.8, 4) is 0 Å². The van der Waals surface area contributed by atoms with E-state index in [0.29, 0.717) is 19.3 Å². The highest BCUT2D eigenvalue weighted by molar-refractivity contribution is 5.77. The van der Waals surface area contributed by atoms with E-state index < -0.39 is 18.2 Å². The van der Waals surface area contributed by atoms with Crippen molar-refractivity contribution in [2.75, 3.05) is 6.61 Å². The van der Waals surface area contributed by atoms with Crippen molar-refractivity contribution >= 4 is 11.9 Å². The number of unbranched alkanes of at least 4 members (excludes halogenated alkanes) is 45. The molecule has 3 unspecified atom stereocenters. The lowest BCUT2D eigenvalue weighted by molar-refractivity contribution is -0.151. The third kappa shape index (κ3) is 52.9. The topological polar surface area (TPSA) is 95.9 Å². The molecule has 6 nitrogen and oxygen atoms in total. The zero-order valence-electron chi connectivity index (χ0n) is 47.7. The van der Waals surface area contributed by atoms with Crippen LogP contribution in [0.4, 0.5) is 0 Å². The summed E-state index contributed by atoms with van der Waals surface area (Å²) >= 11 is 0. The van der Waals surface area contributed by atoms with Crippen molar-refractivity contribution < 1.29 is 24.5 Å². The van der Waals surface area contributed by atoms with E-state index in [2.05, 4.69) is 38.2 Å². The van der Waals surface area contributed by atoms with E-state index in [9.17, 15) is 19.8 Å². The molecule has 0 aromatic heterocycles. The molecule has 0 bridgehead atoms. The van der Waals surface area contributed by atoms with Crippen LogP contribution < -0.4 is 5.32 Å². The number of allylic oxidation sites excluding steroid dienone is 2. The van der Waals surface area contributed by atoms with Crippen LogP contribution in [0, 0.1) is 0 Å². The van der Waals surface area contributed by atoms with Crippen LogP contribution in [0.2, 0.25) is 0 Å². The average molecular weight is 989 g/mol. The monoisotopic (exact) mass is 988 g/mol. The van der Waals surface area contributed by atoms with Crippen molar-refractivity contribution in [2.24, 2.45) is 0 Å². The minimum absolute atomic E-state index is 0.0752. The van der Waals surface area contributed by atoms with Gasteiger partial charge in [-0.3, -0.25) is 9.59 Å². The standard InChI is InChI=1S/C64H125NO5/c1-4-7-10-13-16-19-22-25-28-31-32-33-36-39-42-45-48-51-54-57-64(69)70-60(55-52-49-46-43-40-37-34-29-26-23-20-17-14-11-8-5-2)58-63(68)65-61(59-66)62(67)56-53-50-47-44-41-38-35-30-27-24-21-18-15-12-9-6-3/h37,40,60-62,66-67H,4-36,38-39,41-59H2,1-3H3,(H,65,68)/b40-37+. The number of hydrogen-bond donors (Lipinski definition) is 3. The summed E-state index contributed by atoms with van der Waals surface area (Å²) in [6.45, 7) is 6.54. The number of aliphatic hydroxyl groups excluding tert-OH is 2. The second kappa shape index (κ2) is 58.5. The largest absolute Gasteiger partial charge is 0.462 e. The van der Waals surface area contributed by atoms with Crippen LogP contribution in [0.3, 0.4) is 0 Å². The molecule has 3 N–H and O–H groups in total. The van der Waals surface area contributed by atoms with Crippen LogP contribution in [-0.4, -0.2) is 46.9 Å². The Hall–Kier alpha value is -1.40. The molecule has 70 heavy (non-hydrogen) atoms. The van der Waals surface area contributed by atoms with Gasteiger partial charge in [-0.25, -0.2) is 0 Å². The second-order valence-electron chi connectivity index (χ2n) is 22.2. The Morgan fingerprint density at radius 1 is 0.400 bits per heavy atom. The van der Waals surface area contributed by atoms with Gasteiger partial charge >= 0.3 is 5.97 Å². The summed E-state index contributed by atoms with van der Waals surface area (Å²) in [6.07, 6.45) is 68.6. The predicted molar refractivity (Wildman–Crippen MR) is 306 cm³/mol. The van der Waals surface area contributed by atoms with Crippen molar-refractivity contribution in [3.63, 3.8) is 0 Å². The zero-order chi connectivity index (χ0) is 50.9. The van der Waals surface area contributed by atoms with Gasteiger partial charge in [-0.2, -0.15) is 0 Å². The summed E-state index contributed by atoms with van der Waals surface area (Å²) in [5, 5.41) is 24.0. The number of hydrogen-bond acceptors (Lipinski definition) is 5. The molecule has 0 saturated heterocycles. The molecule has 0 aliphatic carbocycles.